The normalized spacial score (nSPS) is 21.5. The predicted molar refractivity (Wildman–Crippen MR) is 68.8 cm³/mol. The Labute approximate surface area is 107 Å². The highest BCUT2D eigenvalue weighted by atomic mass is 35.5. The number of sulfonamides is 1. The lowest BCUT2D eigenvalue weighted by atomic mass is 10.2. The topological polar surface area (TPSA) is 42.3 Å². The van der Waals surface area contributed by atoms with Crippen LogP contribution in [0.2, 0.25) is 0 Å². The highest BCUT2D eigenvalue weighted by molar-refractivity contribution is 7.89. The van der Waals surface area contributed by atoms with Gasteiger partial charge in [-0.15, -0.1) is 11.6 Å². The van der Waals surface area contributed by atoms with Crippen LogP contribution in [0.4, 0.5) is 0 Å². The lowest BCUT2D eigenvalue weighted by molar-refractivity contribution is 0.281. The maximum absolute atomic E-state index is 12.0. The molecule has 1 unspecified atom stereocenters. The van der Waals surface area contributed by atoms with E-state index in [0.717, 1.165) is 12.2 Å². The number of hydrogen-bond acceptors (Lipinski definition) is 2. The maximum Gasteiger partial charge on any atom is 0.215 e. The van der Waals surface area contributed by atoms with Crippen molar-refractivity contribution in [2.45, 2.75) is 26.4 Å². The smallest absolute Gasteiger partial charge is 0.215 e. The van der Waals surface area contributed by atoms with Crippen molar-refractivity contribution in [2.24, 2.45) is 0 Å². The van der Waals surface area contributed by atoms with Crippen LogP contribution in [0, 0.1) is 6.92 Å². The zero-order valence-electron chi connectivity index (χ0n) is 10.1. The van der Waals surface area contributed by atoms with Gasteiger partial charge < -0.3 is 4.57 Å². The van der Waals surface area contributed by atoms with Crippen LogP contribution in [0.15, 0.2) is 12.1 Å². The fraction of sp³-hybridized carbons (Fsp3) is 0.636. The summed E-state index contributed by atoms with van der Waals surface area (Å²) < 4.78 is 27.8. The van der Waals surface area contributed by atoms with Crippen molar-refractivity contribution < 1.29 is 8.42 Å². The molecule has 0 aliphatic carbocycles. The Hall–Kier alpha value is -0.520. The number of aryl methyl sites for hydroxylation is 1. The summed E-state index contributed by atoms with van der Waals surface area (Å²) in [4.78, 5) is 0. The van der Waals surface area contributed by atoms with Gasteiger partial charge in [0.25, 0.3) is 0 Å². The molecule has 1 aliphatic rings. The summed E-state index contributed by atoms with van der Waals surface area (Å²) in [5, 5.41) is 0. The number of fused-ring (bicyclic) bond motifs is 1. The van der Waals surface area contributed by atoms with Crippen molar-refractivity contribution >= 4 is 21.6 Å². The van der Waals surface area contributed by atoms with E-state index in [0.29, 0.717) is 6.54 Å². The van der Waals surface area contributed by atoms with Crippen LogP contribution in [-0.4, -0.2) is 35.5 Å². The molecule has 0 amide bonds. The molecule has 0 N–H and O–H groups in total. The molecule has 1 atom stereocenters. The maximum atomic E-state index is 12.0. The number of aromatic nitrogens is 1. The van der Waals surface area contributed by atoms with E-state index in [4.69, 9.17) is 11.6 Å². The second kappa shape index (κ2) is 4.63. The van der Waals surface area contributed by atoms with E-state index in [1.807, 2.05) is 26.0 Å². The molecule has 0 saturated heterocycles. The molecule has 2 heterocycles. The van der Waals surface area contributed by atoms with E-state index in [1.54, 1.807) is 4.31 Å². The average Bonchev–Trinajstić information content (AvgIpc) is 2.61. The van der Waals surface area contributed by atoms with Crippen molar-refractivity contribution in [3.05, 3.63) is 23.5 Å². The lowest BCUT2D eigenvalue weighted by Gasteiger charge is -2.34. The van der Waals surface area contributed by atoms with Gasteiger partial charge in [-0.05, 0) is 26.0 Å². The predicted octanol–water partition coefficient (Wildman–Crippen LogP) is 1.74. The molecule has 0 saturated carbocycles. The number of rotatable bonds is 3. The van der Waals surface area contributed by atoms with Crippen LogP contribution in [0.3, 0.4) is 0 Å². The molecule has 4 nitrogen and oxygen atoms in total. The Morgan fingerprint density at radius 1 is 1.41 bits per heavy atom. The first-order valence-corrected chi connectivity index (χ1v) is 7.83. The summed E-state index contributed by atoms with van der Waals surface area (Å²) in [6.07, 6.45) is 0. The van der Waals surface area contributed by atoms with E-state index < -0.39 is 10.0 Å². The lowest BCUT2D eigenvalue weighted by Crippen LogP contribution is -2.42. The molecule has 0 bridgehead atoms. The monoisotopic (exact) mass is 276 g/mol. The van der Waals surface area contributed by atoms with Gasteiger partial charge in [-0.25, -0.2) is 8.42 Å². The fourth-order valence-corrected chi connectivity index (χ4v) is 4.36. The molecule has 1 aromatic heterocycles. The quantitative estimate of drug-likeness (QED) is 0.789. The van der Waals surface area contributed by atoms with E-state index >= 15 is 0 Å². The first-order chi connectivity index (χ1) is 7.97. The van der Waals surface area contributed by atoms with Gasteiger partial charge in [0.15, 0.2) is 0 Å². The number of nitrogens with zero attached hydrogens (tertiary/aromatic N) is 2. The SMILES string of the molecule is Cc1ccc2n1CCN(S(=O)(=O)CCCl)C2C. The Bertz CT molecular complexity index is 510. The van der Waals surface area contributed by atoms with Crippen LogP contribution in [-0.2, 0) is 16.6 Å². The van der Waals surface area contributed by atoms with Gasteiger partial charge in [0.1, 0.15) is 0 Å². The van der Waals surface area contributed by atoms with E-state index in [9.17, 15) is 8.42 Å². The minimum atomic E-state index is -3.23. The second-order valence-corrected chi connectivity index (χ2v) is 6.76. The average molecular weight is 277 g/mol. The van der Waals surface area contributed by atoms with Gasteiger partial charge in [-0.2, -0.15) is 4.31 Å². The summed E-state index contributed by atoms with van der Waals surface area (Å²) in [6.45, 7) is 5.22. The van der Waals surface area contributed by atoms with Gasteiger partial charge in [-0.1, -0.05) is 0 Å². The fourth-order valence-electron chi connectivity index (χ4n) is 2.39. The Morgan fingerprint density at radius 3 is 2.76 bits per heavy atom. The third-order valence-corrected chi connectivity index (χ3v) is 5.68. The standard InChI is InChI=1S/C11H17ClN2O2S/c1-9-3-4-11-10(2)14(7-6-13(9)11)17(15,16)8-5-12/h3-4,10H,5-8H2,1-2H3. The van der Waals surface area contributed by atoms with Gasteiger partial charge in [0, 0.05) is 30.4 Å². The third-order valence-electron chi connectivity index (χ3n) is 3.33. The minimum absolute atomic E-state index is 0.0125. The zero-order chi connectivity index (χ0) is 12.6. The van der Waals surface area contributed by atoms with Crippen LogP contribution in [0.25, 0.3) is 0 Å². The Kier molecular flexibility index (Phi) is 3.52. The molecule has 1 aliphatic heterocycles. The zero-order valence-corrected chi connectivity index (χ0v) is 11.6. The second-order valence-electron chi connectivity index (χ2n) is 4.34. The molecular weight excluding hydrogens is 260 g/mol. The molecule has 17 heavy (non-hydrogen) atoms. The van der Waals surface area contributed by atoms with Crippen LogP contribution in [0.1, 0.15) is 24.4 Å². The molecule has 0 spiro atoms. The first-order valence-electron chi connectivity index (χ1n) is 5.69. The molecule has 96 valence electrons. The van der Waals surface area contributed by atoms with Crippen molar-refractivity contribution in [1.82, 2.24) is 8.87 Å². The Morgan fingerprint density at radius 2 is 2.12 bits per heavy atom. The van der Waals surface area contributed by atoms with Crippen molar-refractivity contribution in [3.8, 4) is 0 Å². The van der Waals surface area contributed by atoms with E-state index in [1.165, 1.54) is 5.69 Å². The number of hydrogen-bond donors (Lipinski definition) is 0. The van der Waals surface area contributed by atoms with E-state index in [-0.39, 0.29) is 17.7 Å². The molecule has 6 heteroatoms. The van der Waals surface area contributed by atoms with Crippen molar-refractivity contribution in [1.29, 1.82) is 0 Å². The third kappa shape index (κ3) is 2.23. The molecule has 0 radical (unpaired) electrons. The summed E-state index contributed by atoms with van der Waals surface area (Å²) in [7, 11) is -3.23. The van der Waals surface area contributed by atoms with Gasteiger partial charge in [0.05, 0.1) is 11.8 Å². The van der Waals surface area contributed by atoms with Crippen LogP contribution >= 0.6 is 11.6 Å². The Balaban J connectivity index is 2.32. The largest absolute Gasteiger partial charge is 0.346 e. The van der Waals surface area contributed by atoms with Crippen molar-refractivity contribution in [2.75, 3.05) is 18.2 Å². The van der Waals surface area contributed by atoms with Gasteiger partial charge in [-0.3, -0.25) is 0 Å². The molecular formula is C11H17ClN2O2S. The summed E-state index contributed by atoms with van der Waals surface area (Å²) in [6, 6.07) is 3.93. The summed E-state index contributed by atoms with van der Waals surface area (Å²) in [5.74, 6) is 0.157. The van der Waals surface area contributed by atoms with Crippen LogP contribution < -0.4 is 0 Å². The minimum Gasteiger partial charge on any atom is -0.346 e. The summed E-state index contributed by atoms with van der Waals surface area (Å²) in [5.41, 5.74) is 2.24. The summed E-state index contributed by atoms with van der Waals surface area (Å²) >= 11 is 5.55. The molecule has 2 rings (SSSR count). The van der Waals surface area contributed by atoms with E-state index in [2.05, 4.69) is 4.57 Å². The van der Waals surface area contributed by atoms with Crippen molar-refractivity contribution in [3.63, 3.8) is 0 Å². The molecule has 0 aromatic carbocycles. The first kappa shape index (κ1) is 12.9. The number of halogens is 1. The van der Waals surface area contributed by atoms with Gasteiger partial charge in [0.2, 0.25) is 10.0 Å². The van der Waals surface area contributed by atoms with Crippen LogP contribution in [0.5, 0.6) is 0 Å². The number of alkyl halides is 1. The molecule has 0 fully saturated rings. The van der Waals surface area contributed by atoms with Gasteiger partial charge >= 0.3 is 0 Å². The highest BCUT2D eigenvalue weighted by Crippen LogP contribution is 2.29. The molecule has 1 aromatic rings. The highest BCUT2D eigenvalue weighted by Gasteiger charge is 2.32.